The Morgan fingerprint density at radius 2 is 1.95 bits per heavy atom. The largest absolute Gasteiger partial charge is 0.378 e. The molecule has 0 unspecified atom stereocenters. The smallest absolute Gasteiger partial charge is 0.236 e. The predicted molar refractivity (Wildman–Crippen MR) is 79.7 cm³/mol. The summed E-state index contributed by atoms with van der Waals surface area (Å²) >= 11 is 0. The van der Waals surface area contributed by atoms with Crippen LogP contribution in [0.3, 0.4) is 0 Å². The molecule has 2 rings (SSSR count). The van der Waals surface area contributed by atoms with Gasteiger partial charge >= 0.3 is 0 Å². The first-order chi connectivity index (χ1) is 9.75. The highest BCUT2D eigenvalue weighted by Gasteiger charge is 2.17. The Balaban J connectivity index is 1.64. The first-order valence-corrected chi connectivity index (χ1v) is 7.33. The summed E-state index contributed by atoms with van der Waals surface area (Å²) in [6, 6.07) is 10.5. The Hall–Kier alpha value is -1.39. The first kappa shape index (κ1) is 15.0. The number of aryl methyl sites for hydroxylation is 1. The standard InChI is InChI=1S/C16H24N2O2/c1-17(9-5-8-15-6-3-2-4-7-15)14-16(19)18-10-12-20-13-11-18/h2-4,6-7H,5,8-14H2,1H3. The van der Waals surface area contributed by atoms with Gasteiger partial charge in [-0.2, -0.15) is 0 Å². The van der Waals surface area contributed by atoms with Crippen molar-refractivity contribution in [3.05, 3.63) is 35.9 Å². The van der Waals surface area contributed by atoms with E-state index in [0.717, 1.165) is 32.5 Å². The molecule has 0 aromatic heterocycles. The molecule has 0 spiro atoms. The van der Waals surface area contributed by atoms with Crippen molar-refractivity contribution in [2.24, 2.45) is 0 Å². The van der Waals surface area contributed by atoms with Crippen LogP contribution in [0.5, 0.6) is 0 Å². The molecule has 1 heterocycles. The third-order valence-corrected chi connectivity index (χ3v) is 3.62. The minimum absolute atomic E-state index is 0.218. The van der Waals surface area contributed by atoms with Crippen LogP contribution in [0.15, 0.2) is 30.3 Å². The van der Waals surface area contributed by atoms with Crippen molar-refractivity contribution in [3.8, 4) is 0 Å². The summed E-state index contributed by atoms with van der Waals surface area (Å²) in [4.78, 5) is 16.1. The van der Waals surface area contributed by atoms with Crippen molar-refractivity contribution < 1.29 is 9.53 Å². The van der Waals surface area contributed by atoms with Crippen molar-refractivity contribution in [1.29, 1.82) is 0 Å². The van der Waals surface area contributed by atoms with Crippen LogP contribution in [0, 0.1) is 0 Å². The summed E-state index contributed by atoms with van der Waals surface area (Å²) < 4.78 is 5.26. The number of carbonyl (C=O) groups is 1. The summed E-state index contributed by atoms with van der Waals surface area (Å²) in [5, 5.41) is 0. The number of hydrogen-bond acceptors (Lipinski definition) is 3. The van der Waals surface area contributed by atoms with E-state index in [1.54, 1.807) is 0 Å². The molecular weight excluding hydrogens is 252 g/mol. The van der Waals surface area contributed by atoms with E-state index >= 15 is 0 Å². The predicted octanol–water partition coefficient (Wildman–Crippen LogP) is 1.41. The lowest BCUT2D eigenvalue weighted by molar-refractivity contribution is -0.136. The molecule has 1 aromatic rings. The highest BCUT2D eigenvalue weighted by atomic mass is 16.5. The highest BCUT2D eigenvalue weighted by molar-refractivity contribution is 5.78. The monoisotopic (exact) mass is 276 g/mol. The second-order valence-corrected chi connectivity index (χ2v) is 5.32. The maximum absolute atomic E-state index is 12.1. The van der Waals surface area contributed by atoms with Gasteiger partial charge in [-0.25, -0.2) is 0 Å². The van der Waals surface area contributed by atoms with E-state index in [1.165, 1.54) is 5.56 Å². The molecule has 1 aliphatic heterocycles. The first-order valence-electron chi connectivity index (χ1n) is 7.33. The zero-order valence-electron chi connectivity index (χ0n) is 12.3. The fraction of sp³-hybridized carbons (Fsp3) is 0.562. The Kier molecular flexibility index (Phi) is 6.02. The number of nitrogens with zero attached hydrogens (tertiary/aromatic N) is 2. The van der Waals surface area contributed by atoms with Gasteiger partial charge in [0.25, 0.3) is 0 Å². The fourth-order valence-corrected chi connectivity index (χ4v) is 2.42. The van der Waals surface area contributed by atoms with E-state index in [-0.39, 0.29) is 5.91 Å². The summed E-state index contributed by atoms with van der Waals surface area (Å²) in [5.41, 5.74) is 1.36. The molecule has 0 radical (unpaired) electrons. The second-order valence-electron chi connectivity index (χ2n) is 5.32. The van der Waals surface area contributed by atoms with Crippen molar-refractivity contribution in [2.75, 3.05) is 46.4 Å². The number of carbonyl (C=O) groups excluding carboxylic acids is 1. The molecule has 1 amide bonds. The van der Waals surface area contributed by atoms with Crippen LogP contribution in [0.4, 0.5) is 0 Å². The lowest BCUT2D eigenvalue weighted by atomic mass is 10.1. The number of benzene rings is 1. The second kappa shape index (κ2) is 8.02. The van der Waals surface area contributed by atoms with Crippen molar-refractivity contribution in [2.45, 2.75) is 12.8 Å². The van der Waals surface area contributed by atoms with Gasteiger partial charge in [0.05, 0.1) is 19.8 Å². The highest BCUT2D eigenvalue weighted by Crippen LogP contribution is 2.04. The maximum Gasteiger partial charge on any atom is 0.236 e. The lowest BCUT2D eigenvalue weighted by Gasteiger charge is -2.28. The van der Waals surface area contributed by atoms with E-state index < -0.39 is 0 Å². The number of rotatable bonds is 6. The van der Waals surface area contributed by atoms with Gasteiger partial charge in [0.15, 0.2) is 0 Å². The summed E-state index contributed by atoms with van der Waals surface area (Å²) in [5.74, 6) is 0.218. The number of ether oxygens (including phenoxy) is 1. The third-order valence-electron chi connectivity index (χ3n) is 3.62. The molecule has 0 saturated carbocycles. The van der Waals surface area contributed by atoms with Crippen LogP contribution in [-0.4, -0.2) is 62.1 Å². The van der Waals surface area contributed by atoms with Gasteiger partial charge in [-0.15, -0.1) is 0 Å². The Morgan fingerprint density at radius 1 is 1.25 bits per heavy atom. The molecule has 20 heavy (non-hydrogen) atoms. The molecule has 4 heteroatoms. The van der Waals surface area contributed by atoms with Crippen LogP contribution in [0.25, 0.3) is 0 Å². The lowest BCUT2D eigenvalue weighted by Crippen LogP contribution is -2.45. The number of hydrogen-bond donors (Lipinski definition) is 0. The molecule has 0 N–H and O–H groups in total. The molecule has 0 aliphatic carbocycles. The van der Waals surface area contributed by atoms with Gasteiger partial charge in [-0.1, -0.05) is 30.3 Å². The van der Waals surface area contributed by atoms with Crippen molar-refractivity contribution in [3.63, 3.8) is 0 Å². The quantitative estimate of drug-likeness (QED) is 0.787. The van der Waals surface area contributed by atoms with Crippen molar-refractivity contribution >= 4 is 5.91 Å². The van der Waals surface area contributed by atoms with Crippen LogP contribution >= 0.6 is 0 Å². The minimum atomic E-state index is 0.218. The number of amides is 1. The van der Waals surface area contributed by atoms with E-state index in [1.807, 2.05) is 18.0 Å². The van der Waals surface area contributed by atoms with Gasteiger partial charge in [-0.3, -0.25) is 9.69 Å². The van der Waals surface area contributed by atoms with Gasteiger partial charge in [0.2, 0.25) is 5.91 Å². The molecule has 0 atom stereocenters. The average Bonchev–Trinajstić information content (AvgIpc) is 2.49. The normalized spacial score (nSPS) is 15.6. The molecule has 110 valence electrons. The van der Waals surface area contributed by atoms with Crippen LogP contribution in [-0.2, 0) is 16.0 Å². The number of morpholine rings is 1. The molecule has 0 bridgehead atoms. The third kappa shape index (κ3) is 4.94. The molecular formula is C16H24N2O2. The summed E-state index contributed by atoms with van der Waals surface area (Å²) in [6.07, 6.45) is 2.15. The van der Waals surface area contributed by atoms with E-state index in [0.29, 0.717) is 19.8 Å². The van der Waals surface area contributed by atoms with Crippen LogP contribution < -0.4 is 0 Å². The molecule has 1 fully saturated rings. The van der Waals surface area contributed by atoms with E-state index in [4.69, 9.17) is 4.74 Å². The Labute approximate surface area is 121 Å². The minimum Gasteiger partial charge on any atom is -0.378 e. The van der Waals surface area contributed by atoms with Gasteiger partial charge in [-0.05, 0) is 32.0 Å². The van der Waals surface area contributed by atoms with Gasteiger partial charge < -0.3 is 9.64 Å². The van der Waals surface area contributed by atoms with Gasteiger partial charge in [0, 0.05) is 13.1 Å². The van der Waals surface area contributed by atoms with Crippen LogP contribution in [0.1, 0.15) is 12.0 Å². The molecule has 1 aliphatic rings. The van der Waals surface area contributed by atoms with Gasteiger partial charge in [0.1, 0.15) is 0 Å². The van der Waals surface area contributed by atoms with E-state index in [2.05, 4.69) is 29.2 Å². The Bertz CT molecular complexity index is 402. The number of likely N-dealkylation sites (N-methyl/N-ethyl adjacent to an activating group) is 1. The fourth-order valence-electron chi connectivity index (χ4n) is 2.42. The molecule has 4 nitrogen and oxygen atoms in total. The van der Waals surface area contributed by atoms with Crippen molar-refractivity contribution in [1.82, 2.24) is 9.80 Å². The maximum atomic E-state index is 12.1. The zero-order valence-corrected chi connectivity index (χ0v) is 12.3. The molecule has 1 saturated heterocycles. The topological polar surface area (TPSA) is 32.8 Å². The summed E-state index contributed by atoms with van der Waals surface area (Å²) in [7, 11) is 2.02. The summed E-state index contributed by atoms with van der Waals surface area (Å²) in [6.45, 7) is 4.26. The average molecular weight is 276 g/mol. The Morgan fingerprint density at radius 3 is 2.65 bits per heavy atom. The zero-order chi connectivity index (χ0) is 14.2. The SMILES string of the molecule is CN(CCCc1ccccc1)CC(=O)N1CCOCC1. The van der Waals surface area contributed by atoms with E-state index in [9.17, 15) is 4.79 Å². The van der Waals surface area contributed by atoms with Crippen LogP contribution in [0.2, 0.25) is 0 Å². The molecule has 1 aromatic carbocycles.